The van der Waals surface area contributed by atoms with Crippen molar-refractivity contribution in [3.8, 4) is 0 Å². The fourth-order valence-electron chi connectivity index (χ4n) is 2.77. The summed E-state index contributed by atoms with van der Waals surface area (Å²) >= 11 is 0. The second-order valence-electron chi connectivity index (χ2n) is 5.57. The predicted octanol–water partition coefficient (Wildman–Crippen LogP) is 1.18. The van der Waals surface area contributed by atoms with Crippen molar-refractivity contribution in [3.63, 3.8) is 0 Å². The Kier molecular flexibility index (Phi) is 4.65. The number of nitrogens with two attached hydrogens (primary N) is 2. The van der Waals surface area contributed by atoms with Crippen LogP contribution in [0.25, 0.3) is 0 Å². The molecule has 6 nitrogen and oxygen atoms in total. The summed E-state index contributed by atoms with van der Waals surface area (Å²) in [6.45, 7) is 0.299. The molecule has 1 aliphatic carbocycles. The number of amides is 1. The quantitative estimate of drug-likeness (QED) is 0.774. The van der Waals surface area contributed by atoms with Crippen LogP contribution in [-0.2, 0) is 14.8 Å². The SMILES string of the molecule is NCC1(C(=O)Nc2cccc(S(N)(=O)=O)c2)CCCCC1. The third kappa shape index (κ3) is 3.61. The molecule has 0 aliphatic heterocycles. The van der Waals surface area contributed by atoms with Crippen LogP contribution >= 0.6 is 0 Å². The molecule has 0 saturated heterocycles. The number of benzene rings is 1. The number of sulfonamides is 1. The molecule has 0 bridgehead atoms. The number of carbonyl (C=O) groups is 1. The molecule has 1 saturated carbocycles. The maximum atomic E-state index is 12.5. The Morgan fingerprint density at radius 2 is 1.90 bits per heavy atom. The Morgan fingerprint density at radius 3 is 2.48 bits per heavy atom. The van der Waals surface area contributed by atoms with E-state index in [-0.39, 0.29) is 10.8 Å². The van der Waals surface area contributed by atoms with Gasteiger partial charge in [0.25, 0.3) is 0 Å². The molecule has 0 atom stereocenters. The average Bonchev–Trinajstić information content (AvgIpc) is 2.47. The number of rotatable bonds is 4. The zero-order chi connectivity index (χ0) is 15.5. The van der Waals surface area contributed by atoms with Crippen molar-refractivity contribution in [2.45, 2.75) is 37.0 Å². The van der Waals surface area contributed by atoms with E-state index in [9.17, 15) is 13.2 Å². The lowest BCUT2D eigenvalue weighted by Crippen LogP contribution is -2.43. The third-order valence-corrected chi connectivity index (χ3v) is 5.01. The summed E-state index contributed by atoms with van der Waals surface area (Å²) < 4.78 is 22.7. The standard InChI is InChI=1S/C14H21N3O3S/c15-10-14(7-2-1-3-8-14)13(18)17-11-5-4-6-12(9-11)21(16,19)20/h4-6,9H,1-3,7-8,10,15H2,(H,17,18)(H2,16,19,20). The van der Waals surface area contributed by atoms with Crippen LogP contribution in [0, 0.1) is 5.41 Å². The van der Waals surface area contributed by atoms with Gasteiger partial charge in [-0.3, -0.25) is 4.79 Å². The molecule has 21 heavy (non-hydrogen) atoms. The fourth-order valence-corrected chi connectivity index (χ4v) is 3.33. The molecule has 2 rings (SSSR count). The van der Waals surface area contributed by atoms with Crippen molar-refractivity contribution in [3.05, 3.63) is 24.3 Å². The van der Waals surface area contributed by atoms with Crippen molar-refractivity contribution in [1.29, 1.82) is 0 Å². The summed E-state index contributed by atoms with van der Waals surface area (Å²) in [7, 11) is -3.78. The van der Waals surface area contributed by atoms with E-state index in [4.69, 9.17) is 10.9 Å². The highest BCUT2D eigenvalue weighted by atomic mass is 32.2. The smallest absolute Gasteiger partial charge is 0.238 e. The predicted molar refractivity (Wildman–Crippen MR) is 81.0 cm³/mol. The molecule has 1 fully saturated rings. The minimum absolute atomic E-state index is 0.0225. The third-order valence-electron chi connectivity index (χ3n) is 4.10. The van der Waals surface area contributed by atoms with Crippen molar-refractivity contribution >= 4 is 21.6 Å². The van der Waals surface area contributed by atoms with E-state index in [2.05, 4.69) is 5.32 Å². The molecular weight excluding hydrogens is 290 g/mol. The van der Waals surface area contributed by atoms with E-state index in [1.165, 1.54) is 12.1 Å². The second kappa shape index (κ2) is 6.13. The first-order valence-corrected chi connectivity index (χ1v) is 8.56. The molecule has 1 amide bonds. The first kappa shape index (κ1) is 15.9. The molecule has 1 aromatic carbocycles. The van der Waals surface area contributed by atoms with Crippen LogP contribution in [0.4, 0.5) is 5.69 Å². The maximum absolute atomic E-state index is 12.5. The lowest BCUT2D eigenvalue weighted by Gasteiger charge is -2.34. The van der Waals surface area contributed by atoms with Crippen LogP contribution in [-0.4, -0.2) is 20.9 Å². The molecule has 0 spiro atoms. The highest BCUT2D eigenvalue weighted by Crippen LogP contribution is 2.36. The van der Waals surface area contributed by atoms with Gasteiger partial charge in [-0.15, -0.1) is 0 Å². The molecule has 1 aliphatic rings. The topological polar surface area (TPSA) is 115 Å². The van der Waals surface area contributed by atoms with E-state index < -0.39 is 15.4 Å². The molecule has 0 unspecified atom stereocenters. The minimum atomic E-state index is -3.78. The van der Waals surface area contributed by atoms with Crippen LogP contribution in [0.2, 0.25) is 0 Å². The van der Waals surface area contributed by atoms with E-state index in [1.54, 1.807) is 12.1 Å². The van der Waals surface area contributed by atoms with Crippen LogP contribution in [0.5, 0.6) is 0 Å². The zero-order valence-corrected chi connectivity index (χ0v) is 12.7. The van der Waals surface area contributed by atoms with Crippen LogP contribution in [0.15, 0.2) is 29.2 Å². The lowest BCUT2D eigenvalue weighted by atomic mass is 9.73. The number of anilines is 1. The normalized spacial score (nSPS) is 18.2. The molecule has 7 heteroatoms. The molecular formula is C14H21N3O3S. The first-order chi connectivity index (χ1) is 9.87. The van der Waals surface area contributed by atoms with Gasteiger partial charge in [0.1, 0.15) is 0 Å². The number of primary sulfonamides is 1. The summed E-state index contributed by atoms with van der Waals surface area (Å²) in [6.07, 6.45) is 4.63. The van der Waals surface area contributed by atoms with Gasteiger partial charge in [-0.2, -0.15) is 0 Å². The minimum Gasteiger partial charge on any atom is -0.329 e. The van der Waals surface area contributed by atoms with E-state index >= 15 is 0 Å². The lowest BCUT2D eigenvalue weighted by molar-refractivity contribution is -0.126. The Bertz CT molecular complexity index is 622. The van der Waals surface area contributed by atoms with Crippen molar-refractivity contribution < 1.29 is 13.2 Å². The number of nitrogens with one attached hydrogen (secondary N) is 1. The van der Waals surface area contributed by atoms with Crippen molar-refractivity contribution in [1.82, 2.24) is 0 Å². The Balaban J connectivity index is 2.19. The summed E-state index contributed by atoms with van der Waals surface area (Å²) in [6, 6.07) is 5.94. The highest BCUT2D eigenvalue weighted by molar-refractivity contribution is 7.89. The van der Waals surface area contributed by atoms with Gasteiger partial charge < -0.3 is 11.1 Å². The Hall–Kier alpha value is -1.44. The zero-order valence-electron chi connectivity index (χ0n) is 11.8. The van der Waals surface area contributed by atoms with Crippen molar-refractivity contribution in [2.75, 3.05) is 11.9 Å². The van der Waals surface area contributed by atoms with E-state index in [1.807, 2.05) is 0 Å². The molecule has 116 valence electrons. The maximum Gasteiger partial charge on any atom is 0.238 e. The van der Waals surface area contributed by atoms with Gasteiger partial charge in [0.05, 0.1) is 10.3 Å². The Morgan fingerprint density at radius 1 is 1.24 bits per heavy atom. The first-order valence-electron chi connectivity index (χ1n) is 7.02. The van der Waals surface area contributed by atoms with Gasteiger partial charge in [0.2, 0.25) is 15.9 Å². The van der Waals surface area contributed by atoms with Gasteiger partial charge in [-0.25, -0.2) is 13.6 Å². The van der Waals surface area contributed by atoms with Gasteiger partial charge in [-0.1, -0.05) is 25.3 Å². The van der Waals surface area contributed by atoms with E-state index in [0.717, 1.165) is 32.1 Å². The molecule has 0 heterocycles. The molecule has 5 N–H and O–H groups in total. The van der Waals surface area contributed by atoms with Gasteiger partial charge >= 0.3 is 0 Å². The molecule has 0 aromatic heterocycles. The number of hydrogen-bond donors (Lipinski definition) is 3. The molecule has 0 radical (unpaired) electrons. The summed E-state index contributed by atoms with van der Waals surface area (Å²) in [5.74, 6) is -0.142. The largest absolute Gasteiger partial charge is 0.329 e. The van der Waals surface area contributed by atoms with Crippen LogP contribution in [0.3, 0.4) is 0 Å². The summed E-state index contributed by atoms with van der Waals surface area (Å²) in [5, 5.41) is 7.87. The van der Waals surface area contributed by atoms with E-state index in [0.29, 0.717) is 12.2 Å². The van der Waals surface area contributed by atoms with Gasteiger partial charge in [0, 0.05) is 12.2 Å². The fraction of sp³-hybridized carbons (Fsp3) is 0.500. The average molecular weight is 311 g/mol. The van der Waals surface area contributed by atoms with Crippen molar-refractivity contribution in [2.24, 2.45) is 16.3 Å². The second-order valence-corrected chi connectivity index (χ2v) is 7.13. The summed E-state index contributed by atoms with van der Waals surface area (Å²) in [5.41, 5.74) is 5.69. The highest BCUT2D eigenvalue weighted by Gasteiger charge is 2.38. The number of carbonyl (C=O) groups excluding carboxylic acids is 1. The summed E-state index contributed by atoms with van der Waals surface area (Å²) in [4.78, 5) is 12.5. The van der Waals surface area contributed by atoms with Crippen LogP contribution < -0.4 is 16.2 Å². The Labute approximate surface area is 124 Å². The van der Waals surface area contributed by atoms with Gasteiger partial charge in [-0.05, 0) is 31.0 Å². The number of hydrogen-bond acceptors (Lipinski definition) is 4. The molecule has 1 aromatic rings. The van der Waals surface area contributed by atoms with Crippen LogP contribution in [0.1, 0.15) is 32.1 Å². The monoisotopic (exact) mass is 311 g/mol. The van der Waals surface area contributed by atoms with Gasteiger partial charge in [0.15, 0.2) is 0 Å².